The Morgan fingerprint density at radius 3 is 2.74 bits per heavy atom. The van der Waals surface area contributed by atoms with Crippen molar-refractivity contribution < 1.29 is 9.53 Å². The van der Waals surface area contributed by atoms with Gasteiger partial charge in [-0.05, 0) is 6.07 Å². The van der Waals surface area contributed by atoms with Crippen LogP contribution in [0.4, 0.5) is 5.69 Å². The van der Waals surface area contributed by atoms with Crippen LogP contribution in [-0.2, 0) is 11.8 Å². The van der Waals surface area contributed by atoms with Crippen molar-refractivity contribution in [2.24, 2.45) is 7.05 Å². The predicted molar refractivity (Wildman–Crippen MR) is 76.7 cm³/mol. The summed E-state index contributed by atoms with van der Waals surface area (Å²) in [7, 11) is 1.81. The number of aromatic nitrogens is 1. The number of ether oxygens (including phenoxy) is 1. The number of nitrogens with two attached hydrogens (primary N) is 1. The molecule has 0 aliphatic carbocycles. The number of carbonyl (C=O) groups excluding carboxylic acids is 1. The molecule has 0 atom stereocenters. The number of halogens is 1. The topological polar surface area (TPSA) is 72.5 Å². The number of hydrogen-bond donors (Lipinski definition) is 2. The van der Waals surface area contributed by atoms with Crippen molar-refractivity contribution in [3.8, 4) is 0 Å². The maximum Gasteiger partial charge on any atom is 0.268 e. The van der Waals surface area contributed by atoms with E-state index in [1.54, 1.807) is 16.8 Å². The first-order chi connectivity index (χ1) is 8.66. The first kappa shape index (κ1) is 15.8. The fourth-order valence-corrected chi connectivity index (χ4v) is 2.06. The molecule has 1 aliphatic rings. The Kier molecular flexibility index (Phi) is 6.14. The summed E-state index contributed by atoms with van der Waals surface area (Å²) in [6, 6.07) is 1.68. The number of anilines is 1. The molecule has 7 heteroatoms. The SMILES string of the molecule is Cl.Cn1cc(N)cc1C(=O)NCCN1CCOCC1. The van der Waals surface area contributed by atoms with Crippen molar-refractivity contribution in [3.05, 3.63) is 18.0 Å². The van der Waals surface area contributed by atoms with Crippen LogP contribution in [0.5, 0.6) is 0 Å². The zero-order valence-electron chi connectivity index (χ0n) is 11.1. The summed E-state index contributed by atoms with van der Waals surface area (Å²) >= 11 is 0. The molecule has 1 saturated heterocycles. The number of carbonyl (C=O) groups is 1. The Balaban J connectivity index is 0.00000180. The number of nitrogens with zero attached hydrogens (tertiary/aromatic N) is 2. The predicted octanol–water partition coefficient (Wildman–Crippen LogP) is 0.0911. The number of amides is 1. The highest BCUT2D eigenvalue weighted by molar-refractivity contribution is 5.93. The molecular weight excluding hydrogens is 268 g/mol. The fraction of sp³-hybridized carbons (Fsp3) is 0.583. The van der Waals surface area contributed by atoms with Gasteiger partial charge in [0.2, 0.25) is 0 Å². The molecule has 0 spiro atoms. The summed E-state index contributed by atoms with van der Waals surface area (Å²) < 4.78 is 7.00. The molecule has 0 radical (unpaired) electrons. The fourth-order valence-electron chi connectivity index (χ4n) is 2.06. The minimum absolute atomic E-state index is 0. The van der Waals surface area contributed by atoms with Gasteiger partial charge in [0, 0.05) is 39.4 Å². The summed E-state index contributed by atoms with van der Waals surface area (Å²) in [4.78, 5) is 14.2. The lowest BCUT2D eigenvalue weighted by atomic mass is 10.3. The molecule has 1 aromatic rings. The van der Waals surface area contributed by atoms with Crippen molar-refractivity contribution >= 4 is 24.0 Å². The van der Waals surface area contributed by atoms with Gasteiger partial charge in [0.1, 0.15) is 5.69 Å². The van der Waals surface area contributed by atoms with Gasteiger partial charge in [0.05, 0.1) is 18.9 Å². The second kappa shape index (κ2) is 7.37. The standard InChI is InChI=1S/C12H20N4O2.ClH/c1-15-9-10(13)8-11(15)12(17)14-2-3-16-4-6-18-7-5-16;/h8-9H,2-7,13H2,1H3,(H,14,17);1H. The van der Waals surface area contributed by atoms with Gasteiger partial charge in [-0.25, -0.2) is 0 Å². The van der Waals surface area contributed by atoms with Gasteiger partial charge in [-0.1, -0.05) is 0 Å². The van der Waals surface area contributed by atoms with Crippen LogP contribution in [0.1, 0.15) is 10.5 Å². The molecule has 108 valence electrons. The van der Waals surface area contributed by atoms with E-state index >= 15 is 0 Å². The average Bonchev–Trinajstić information content (AvgIpc) is 2.70. The van der Waals surface area contributed by atoms with Gasteiger partial charge in [-0.3, -0.25) is 9.69 Å². The summed E-state index contributed by atoms with van der Waals surface area (Å²) in [5.74, 6) is -0.0811. The monoisotopic (exact) mass is 288 g/mol. The highest BCUT2D eigenvalue weighted by atomic mass is 35.5. The van der Waals surface area contributed by atoms with E-state index in [9.17, 15) is 4.79 Å². The molecule has 2 heterocycles. The molecule has 0 aromatic carbocycles. The molecular formula is C12H21ClN4O2. The van der Waals surface area contributed by atoms with Gasteiger partial charge in [-0.2, -0.15) is 0 Å². The van der Waals surface area contributed by atoms with E-state index in [0.717, 1.165) is 32.8 Å². The molecule has 0 saturated carbocycles. The highest BCUT2D eigenvalue weighted by Crippen LogP contribution is 2.08. The quantitative estimate of drug-likeness (QED) is 0.824. The highest BCUT2D eigenvalue weighted by Gasteiger charge is 2.12. The van der Waals surface area contributed by atoms with Gasteiger partial charge in [0.15, 0.2) is 0 Å². The first-order valence-electron chi connectivity index (χ1n) is 6.17. The smallest absolute Gasteiger partial charge is 0.268 e. The van der Waals surface area contributed by atoms with Crippen LogP contribution in [0, 0.1) is 0 Å². The zero-order chi connectivity index (χ0) is 13.0. The van der Waals surface area contributed by atoms with Gasteiger partial charge >= 0.3 is 0 Å². The van der Waals surface area contributed by atoms with Crippen molar-refractivity contribution in [2.45, 2.75) is 0 Å². The third kappa shape index (κ3) is 4.41. The van der Waals surface area contributed by atoms with Crippen molar-refractivity contribution in [1.29, 1.82) is 0 Å². The van der Waals surface area contributed by atoms with Crippen molar-refractivity contribution in [3.63, 3.8) is 0 Å². The van der Waals surface area contributed by atoms with Gasteiger partial charge in [-0.15, -0.1) is 12.4 Å². The Hall–Kier alpha value is -1.24. The van der Waals surface area contributed by atoms with Crippen LogP contribution < -0.4 is 11.1 Å². The van der Waals surface area contributed by atoms with E-state index < -0.39 is 0 Å². The van der Waals surface area contributed by atoms with Crippen molar-refractivity contribution in [1.82, 2.24) is 14.8 Å². The zero-order valence-corrected chi connectivity index (χ0v) is 11.9. The lowest BCUT2D eigenvalue weighted by Crippen LogP contribution is -2.41. The van der Waals surface area contributed by atoms with Gasteiger partial charge < -0.3 is 20.4 Å². The maximum atomic E-state index is 11.9. The average molecular weight is 289 g/mol. The molecule has 19 heavy (non-hydrogen) atoms. The number of hydrogen-bond acceptors (Lipinski definition) is 4. The summed E-state index contributed by atoms with van der Waals surface area (Å²) in [5, 5.41) is 2.90. The lowest BCUT2D eigenvalue weighted by Gasteiger charge is -2.26. The minimum atomic E-state index is -0.0811. The van der Waals surface area contributed by atoms with Crippen LogP contribution in [-0.4, -0.2) is 54.8 Å². The van der Waals surface area contributed by atoms with Crippen LogP contribution in [0.15, 0.2) is 12.3 Å². The molecule has 1 aliphatic heterocycles. The maximum absolute atomic E-state index is 11.9. The summed E-state index contributed by atoms with van der Waals surface area (Å²) in [6.45, 7) is 4.93. The third-order valence-electron chi connectivity index (χ3n) is 3.08. The Bertz CT molecular complexity index is 416. The Morgan fingerprint density at radius 2 is 2.16 bits per heavy atom. The number of morpholine rings is 1. The summed E-state index contributed by atoms with van der Waals surface area (Å²) in [5.41, 5.74) is 6.84. The minimum Gasteiger partial charge on any atom is -0.397 e. The van der Waals surface area contributed by atoms with E-state index in [-0.39, 0.29) is 18.3 Å². The van der Waals surface area contributed by atoms with Gasteiger partial charge in [0.25, 0.3) is 5.91 Å². The van der Waals surface area contributed by atoms with Crippen LogP contribution >= 0.6 is 12.4 Å². The Labute approximate surface area is 119 Å². The normalized spacial score (nSPS) is 15.8. The van der Waals surface area contributed by atoms with E-state index in [0.29, 0.717) is 17.9 Å². The molecule has 6 nitrogen and oxygen atoms in total. The van der Waals surface area contributed by atoms with Crippen molar-refractivity contribution in [2.75, 3.05) is 45.1 Å². The molecule has 1 aromatic heterocycles. The van der Waals surface area contributed by atoms with Crippen LogP contribution in [0.25, 0.3) is 0 Å². The van der Waals surface area contributed by atoms with E-state index in [1.807, 2.05) is 7.05 Å². The molecule has 0 unspecified atom stereocenters. The van der Waals surface area contributed by atoms with E-state index in [4.69, 9.17) is 10.5 Å². The molecule has 0 bridgehead atoms. The summed E-state index contributed by atoms with van der Waals surface area (Å²) in [6.07, 6.45) is 1.73. The number of nitrogen functional groups attached to an aromatic ring is 1. The second-order valence-electron chi connectivity index (χ2n) is 4.48. The second-order valence-corrected chi connectivity index (χ2v) is 4.48. The number of rotatable bonds is 4. The third-order valence-corrected chi connectivity index (χ3v) is 3.08. The number of nitrogens with one attached hydrogen (secondary N) is 1. The molecule has 1 fully saturated rings. The lowest BCUT2D eigenvalue weighted by molar-refractivity contribution is 0.0383. The first-order valence-corrected chi connectivity index (χ1v) is 6.17. The Morgan fingerprint density at radius 1 is 1.47 bits per heavy atom. The van der Waals surface area contributed by atoms with E-state index in [2.05, 4.69) is 10.2 Å². The molecule has 2 rings (SSSR count). The molecule has 3 N–H and O–H groups in total. The van der Waals surface area contributed by atoms with Crippen LogP contribution in [0.3, 0.4) is 0 Å². The van der Waals surface area contributed by atoms with Crippen LogP contribution in [0.2, 0.25) is 0 Å². The van der Waals surface area contributed by atoms with E-state index in [1.165, 1.54) is 0 Å². The molecule has 1 amide bonds. The number of aryl methyl sites for hydroxylation is 1. The largest absolute Gasteiger partial charge is 0.397 e.